The fraction of sp³-hybridized carbons (Fsp3) is 0.500. The minimum Gasteiger partial charge on any atom is -0.348 e. The molecule has 1 N–H and O–H groups in total. The molecule has 1 saturated carbocycles. The van der Waals surface area contributed by atoms with Crippen molar-refractivity contribution in [3.05, 3.63) is 62.5 Å². The summed E-state index contributed by atoms with van der Waals surface area (Å²) in [6.45, 7) is 11.8. The molecule has 3 aromatic rings. The second kappa shape index (κ2) is 8.75. The molecular weight excluding hydrogens is 426 g/mol. The lowest BCUT2D eigenvalue weighted by Crippen LogP contribution is -2.45. The number of hydrogen-bond acceptors (Lipinski definition) is 3. The summed E-state index contributed by atoms with van der Waals surface area (Å²) in [6, 6.07) is 11.1. The largest absolute Gasteiger partial charge is 0.348 e. The molecule has 2 aliphatic rings. The number of amides is 1. The molecule has 0 aliphatic heterocycles. The third kappa shape index (κ3) is 4.28. The average molecular weight is 462 g/mol. The number of carbonyl (C=O) groups is 1. The molecule has 1 fully saturated rings. The maximum Gasteiger partial charge on any atom is 0.272 e. The molecule has 2 aliphatic carbocycles. The number of aromatic nitrogens is 2. The second-order valence-electron chi connectivity index (χ2n) is 10.6. The van der Waals surface area contributed by atoms with Crippen molar-refractivity contribution in [3.8, 4) is 11.3 Å². The van der Waals surface area contributed by atoms with Crippen LogP contribution in [0.4, 0.5) is 0 Å². The first-order valence-electron chi connectivity index (χ1n) is 12.4. The highest BCUT2D eigenvalue weighted by molar-refractivity contribution is 7.12. The van der Waals surface area contributed by atoms with E-state index in [9.17, 15) is 4.79 Å². The first-order chi connectivity index (χ1) is 15.8. The fourth-order valence-electron chi connectivity index (χ4n) is 5.79. The molecule has 1 aromatic carbocycles. The zero-order valence-corrected chi connectivity index (χ0v) is 21.3. The predicted octanol–water partition coefficient (Wildman–Crippen LogP) is 6.37. The van der Waals surface area contributed by atoms with E-state index in [2.05, 4.69) is 74.9 Å². The van der Waals surface area contributed by atoms with Crippen molar-refractivity contribution in [2.45, 2.75) is 72.9 Å². The Hall–Kier alpha value is -2.40. The SMILES string of the molecule is Cc1ccc(Cn2nc(C(=O)NC3C[C@@H](C)CC[C@@H]3C(C)C)c3c2-c2cc(C)sc2C3)cc1. The van der Waals surface area contributed by atoms with E-state index in [1.54, 1.807) is 0 Å². The standard InChI is InChI=1S/C28H35N3OS/c1-16(2)21-11-8-18(4)12-24(21)29-28(32)26-23-14-25-22(13-19(5)33-25)27(23)31(30-26)15-20-9-6-17(3)7-10-20/h6-7,9-10,13,16,18,21,24H,8,11-12,14-15H2,1-5H3,(H,29,32)/t18-,21+,24?/m0/s1. The molecule has 0 bridgehead atoms. The number of hydrogen-bond donors (Lipinski definition) is 1. The summed E-state index contributed by atoms with van der Waals surface area (Å²) in [5.74, 6) is 1.77. The lowest BCUT2D eigenvalue weighted by atomic mass is 9.74. The first-order valence-corrected chi connectivity index (χ1v) is 13.2. The number of nitrogens with one attached hydrogen (secondary N) is 1. The summed E-state index contributed by atoms with van der Waals surface area (Å²) in [5, 5.41) is 8.35. The van der Waals surface area contributed by atoms with Gasteiger partial charge in [-0.25, -0.2) is 0 Å². The van der Waals surface area contributed by atoms with Gasteiger partial charge in [0, 0.05) is 33.3 Å². The van der Waals surface area contributed by atoms with E-state index < -0.39 is 0 Å². The molecule has 3 atom stereocenters. The Morgan fingerprint density at radius 1 is 1.21 bits per heavy atom. The molecular formula is C28H35N3OS. The number of nitrogens with zero attached hydrogens (tertiary/aromatic N) is 2. The van der Waals surface area contributed by atoms with Gasteiger partial charge in [0.25, 0.3) is 5.91 Å². The lowest BCUT2D eigenvalue weighted by Gasteiger charge is -2.37. The van der Waals surface area contributed by atoms with Crippen LogP contribution >= 0.6 is 11.3 Å². The van der Waals surface area contributed by atoms with Gasteiger partial charge in [0.1, 0.15) is 0 Å². The molecule has 174 valence electrons. The molecule has 5 rings (SSSR count). The van der Waals surface area contributed by atoms with Crippen LogP contribution in [-0.2, 0) is 13.0 Å². The van der Waals surface area contributed by atoms with Gasteiger partial charge in [-0.3, -0.25) is 9.48 Å². The van der Waals surface area contributed by atoms with Crippen LogP contribution in [0, 0.1) is 31.6 Å². The Labute approximate surface area is 201 Å². The van der Waals surface area contributed by atoms with Gasteiger partial charge in [-0.15, -0.1) is 11.3 Å². The summed E-state index contributed by atoms with van der Waals surface area (Å²) in [6.07, 6.45) is 4.33. The highest BCUT2D eigenvalue weighted by Gasteiger charge is 2.35. The topological polar surface area (TPSA) is 46.9 Å². The van der Waals surface area contributed by atoms with Crippen LogP contribution in [0.3, 0.4) is 0 Å². The monoisotopic (exact) mass is 461 g/mol. The normalized spacial score (nSPS) is 21.8. The molecule has 33 heavy (non-hydrogen) atoms. The van der Waals surface area contributed by atoms with Gasteiger partial charge >= 0.3 is 0 Å². The molecule has 0 saturated heterocycles. The molecule has 0 spiro atoms. The van der Waals surface area contributed by atoms with Crippen molar-refractivity contribution in [1.82, 2.24) is 15.1 Å². The molecule has 1 amide bonds. The Morgan fingerprint density at radius 3 is 2.70 bits per heavy atom. The summed E-state index contributed by atoms with van der Waals surface area (Å²) in [5.41, 5.74) is 6.58. The molecule has 2 aromatic heterocycles. The van der Waals surface area contributed by atoms with E-state index in [1.165, 1.54) is 39.3 Å². The van der Waals surface area contributed by atoms with Gasteiger partial charge in [0.15, 0.2) is 5.69 Å². The Kier molecular flexibility index (Phi) is 5.94. The maximum atomic E-state index is 13.6. The van der Waals surface area contributed by atoms with E-state index in [-0.39, 0.29) is 11.9 Å². The Morgan fingerprint density at radius 2 is 1.97 bits per heavy atom. The zero-order chi connectivity index (χ0) is 23.3. The van der Waals surface area contributed by atoms with E-state index in [0.29, 0.717) is 30.0 Å². The van der Waals surface area contributed by atoms with Gasteiger partial charge in [0.2, 0.25) is 0 Å². The summed E-state index contributed by atoms with van der Waals surface area (Å²) >= 11 is 1.84. The number of carbonyl (C=O) groups excluding carboxylic acids is 1. The van der Waals surface area contributed by atoms with Crippen molar-refractivity contribution in [2.24, 2.45) is 17.8 Å². The van der Waals surface area contributed by atoms with Crippen LogP contribution < -0.4 is 5.32 Å². The fourth-order valence-corrected chi connectivity index (χ4v) is 6.84. The minimum atomic E-state index is 0.00512. The molecule has 1 unspecified atom stereocenters. The highest BCUT2D eigenvalue weighted by Crippen LogP contribution is 2.43. The summed E-state index contributed by atoms with van der Waals surface area (Å²) in [7, 11) is 0. The van der Waals surface area contributed by atoms with Crippen LogP contribution in [0.1, 0.15) is 77.0 Å². The average Bonchev–Trinajstić information content (AvgIpc) is 3.39. The third-order valence-corrected chi connectivity index (χ3v) is 8.63. The third-order valence-electron chi connectivity index (χ3n) is 7.58. The van der Waals surface area contributed by atoms with Gasteiger partial charge in [-0.2, -0.15) is 5.10 Å². The van der Waals surface area contributed by atoms with Crippen molar-refractivity contribution >= 4 is 17.2 Å². The van der Waals surface area contributed by atoms with Crippen LogP contribution in [0.2, 0.25) is 0 Å². The van der Waals surface area contributed by atoms with Gasteiger partial charge in [-0.1, -0.05) is 57.0 Å². The van der Waals surface area contributed by atoms with Crippen molar-refractivity contribution in [3.63, 3.8) is 0 Å². The summed E-state index contributed by atoms with van der Waals surface area (Å²) < 4.78 is 2.07. The van der Waals surface area contributed by atoms with Gasteiger partial charge < -0.3 is 5.32 Å². The number of aryl methyl sites for hydroxylation is 2. The lowest BCUT2D eigenvalue weighted by molar-refractivity contribution is 0.0861. The highest BCUT2D eigenvalue weighted by atomic mass is 32.1. The minimum absolute atomic E-state index is 0.00512. The van der Waals surface area contributed by atoms with Gasteiger partial charge in [-0.05, 0) is 56.1 Å². The van der Waals surface area contributed by atoms with Crippen LogP contribution in [-0.4, -0.2) is 21.7 Å². The Balaban J connectivity index is 1.48. The van der Waals surface area contributed by atoms with Crippen LogP contribution in [0.5, 0.6) is 0 Å². The smallest absolute Gasteiger partial charge is 0.272 e. The molecule has 5 heteroatoms. The number of benzene rings is 1. The quantitative estimate of drug-likeness (QED) is 0.375. The van der Waals surface area contributed by atoms with E-state index >= 15 is 0 Å². The van der Waals surface area contributed by atoms with Crippen LogP contribution in [0.15, 0.2) is 30.3 Å². The number of fused-ring (bicyclic) bond motifs is 3. The van der Waals surface area contributed by atoms with Crippen LogP contribution in [0.25, 0.3) is 11.3 Å². The summed E-state index contributed by atoms with van der Waals surface area (Å²) in [4.78, 5) is 16.3. The van der Waals surface area contributed by atoms with Crippen molar-refractivity contribution in [1.29, 1.82) is 0 Å². The second-order valence-corrected chi connectivity index (χ2v) is 11.9. The van der Waals surface area contributed by atoms with E-state index in [1.807, 2.05) is 11.3 Å². The van der Waals surface area contributed by atoms with E-state index in [0.717, 1.165) is 24.1 Å². The van der Waals surface area contributed by atoms with Gasteiger partial charge in [0.05, 0.1) is 12.2 Å². The van der Waals surface area contributed by atoms with E-state index in [4.69, 9.17) is 5.10 Å². The zero-order valence-electron chi connectivity index (χ0n) is 20.4. The van der Waals surface area contributed by atoms with Crippen molar-refractivity contribution < 1.29 is 4.79 Å². The Bertz CT molecular complexity index is 1170. The molecule has 0 radical (unpaired) electrons. The molecule has 2 heterocycles. The number of thiophene rings is 1. The van der Waals surface area contributed by atoms with Crippen molar-refractivity contribution in [2.75, 3.05) is 0 Å². The predicted molar refractivity (Wildman–Crippen MR) is 136 cm³/mol. The maximum absolute atomic E-state index is 13.6. The first kappa shape index (κ1) is 22.4. The molecule has 4 nitrogen and oxygen atoms in total. The number of rotatable bonds is 5.